The standard InChI is InChI=1S/C20H21N7O/c21-20-23-10-14(8-12-2-1-3-16-15(12)4-6-22-16)19(25-20)24-18-9-17(26-27-18)13-5-7-28-11-13/h1-4,6,9-10,13,22H,5,7-8,11H2,(H4,21,23,24,25,26,27). The van der Waals surface area contributed by atoms with Gasteiger partial charge in [-0.25, -0.2) is 4.98 Å². The minimum atomic E-state index is 0.228. The van der Waals surface area contributed by atoms with E-state index in [0.29, 0.717) is 24.0 Å². The molecule has 28 heavy (non-hydrogen) atoms. The summed E-state index contributed by atoms with van der Waals surface area (Å²) in [5.74, 6) is 1.97. The van der Waals surface area contributed by atoms with Gasteiger partial charge in [0, 0.05) is 59.6 Å². The van der Waals surface area contributed by atoms with Crippen LogP contribution in [0.25, 0.3) is 10.9 Å². The van der Waals surface area contributed by atoms with Crippen LogP contribution in [-0.2, 0) is 11.2 Å². The van der Waals surface area contributed by atoms with Crippen molar-refractivity contribution in [3.05, 3.63) is 59.5 Å². The Bertz CT molecular complexity index is 1110. The zero-order valence-corrected chi connectivity index (χ0v) is 15.3. The number of anilines is 3. The number of nitrogens with zero attached hydrogens (tertiary/aromatic N) is 3. The summed E-state index contributed by atoms with van der Waals surface area (Å²) in [5.41, 5.74) is 10.2. The summed E-state index contributed by atoms with van der Waals surface area (Å²) >= 11 is 0. The van der Waals surface area contributed by atoms with Gasteiger partial charge in [-0.3, -0.25) is 5.10 Å². The Morgan fingerprint density at radius 1 is 1.25 bits per heavy atom. The third-order valence-corrected chi connectivity index (χ3v) is 5.16. The third kappa shape index (κ3) is 3.18. The van der Waals surface area contributed by atoms with Crippen LogP contribution in [0.4, 0.5) is 17.6 Å². The quantitative estimate of drug-likeness (QED) is 0.426. The molecule has 0 aliphatic carbocycles. The van der Waals surface area contributed by atoms with E-state index in [1.807, 2.05) is 18.3 Å². The van der Waals surface area contributed by atoms with Gasteiger partial charge < -0.3 is 20.8 Å². The number of benzene rings is 1. The maximum Gasteiger partial charge on any atom is 0.221 e. The van der Waals surface area contributed by atoms with Crippen LogP contribution in [-0.4, -0.2) is 38.4 Å². The molecule has 1 aliphatic heterocycles. The lowest BCUT2D eigenvalue weighted by Gasteiger charge is -2.10. The zero-order chi connectivity index (χ0) is 18.9. The Morgan fingerprint density at radius 3 is 3.11 bits per heavy atom. The number of aromatic amines is 2. The molecule has 142 valence electrons. The highest BCUT2D eigenvalue weighted by Gasteiger charge is 2.20. The number of fused-ring (bicyclic) bond motifs is 1. The van der Waals surface area contributed by atoms with Gasteiger partial charge in [-0.2, -0.15) is 10.1 Å². The smallest absolute Gasteiger partial charge is 0.221 e. The van der Waals surface area contributed by atoms with E-state index in [2.05, 4.69) is 48.7 Å². The number of ether oxygens (including phenoxy) is 1. The first-order valence-corrected chi connectivity index (χ1v) is 9.33. The summed E-state index contributed by atoms with van der Waals surface area (Å²) in [4.78, 5) is 11.8. The summed E-state index contributed by atoms with van der Waals surface area (Å²) in [6, 6.07) is 10.3. The number of rotatable bonds is 5. The molecule has 4 heterocycles. The predicted molar refractivity (Wildman–Crippen MR) is 108 cm³/mol. The molecule has 1 aromatic carbocycles. The summed E-state index contributed by atoms with van der Waals surface area (Å²) in [7, 11) is 0. The lowest BCUT2D eigenvalue weighted by atomic mass is 10.0. The lowest BCUT2D eigenvalue weighted by Crippen LogP contribution is -2.05. The van der Waals surface area contributed by atoms with Crippen molar-refractivity contribution in [3.63, 3.8) is 0 Å². The number of nitrogens with one attached hydrogen (secondary N) is 3. The van der Waals surface area contributed by atoms with E-state index in [-0.39, 0.29) is 5.95 Å². The van der Waals surface area contributed by atoms with Gasteiger partial charge in [0.25, 0.3) is 0 Å². The fourth-order valence-electron chi connectivity index (χ4n) is 3.68. The number of nitrogens with two attached hydrogens (primary N) is 1. The van der Waals surface area contributed by atoms with Gasteiger partial charge in [-0.1, -0.05) is 12.1 Å². The van der Waals surface area contributed by atoms with Crippen LogP contribution in [0.15, 0.2) is 42.7 Å². The molecule has 0 radical (unpaired) electrons. The summed E-state index contributed by atoms with van der Waals surface area (Å²) in [5, 5.41) is 12.0. The van der Waals surface area contributed by atoms with Crippen LogP contribution < -0.4 is 11.1 Å². The number of H-pyrrole nitrogens is 2. The first-order chi connectivity index (χ1) is 13.8. The van der Waals surface area contributed by atoms with Gasteiger partial charge in [0.2, 0.25) is 5.95 Å². The van der Waals surface area contributed by atoms with Crippen LogP contribution in [0.1, 0.15) is 29.2 Å². The number of hydrogen-bond acceptors (Lipinski definition) is 6. The molecule has 8 nitrogen and oxygen atoms in total. The molecule has 0 bridgehead atoms. The van der Waals surface area contributed by atoms with Crippen molar-refractivity contribution in [1.29, 1.82) is 0 Å². The first-order valence-electron chi connectivity index (χ1n) is 9.33. The van der Waals surface area contributed by atoms with Crippen LogP contribution in [0.2, 0.25) is 0 Å². The number of nitrogen functional groups attached to an aromatic ring is 1. The fraction of sp³-hybridized carbons (Fsp3) is 0.250. The fourth-order valence-corrected chi connectivity index (χ4v) is 3.68. The van der Waals surface area contributed by atoms with Gasteiger partial charge >= 0.3 is 0 Å². The van der Waals surface area contributed by atoms with Gasteiger partial charge in [0.15, 0.2) is 5.82 Å². The van der Waals surface area contributed by atoms with E-state index >= 15 is 0 Å². The van der Waals surface area contributed by atoms with Crippen molar-refractivity contribution in [2.75, 3.05) is 24.3 Å². The molecule has 1 fully saturated rings. The van der Waals surface area contributed by atoms with Crippen molar-refractivity contribution in [3.8, 4) is 0 Å². The average Bonchev–Trinajstić information content (AvgIpc) is 3.45. The van der Waals surface area contributed by atoms with E-state index in [0.717, 1.165) is 36.4 Å². The van der Waals surface area contributed by atoms with Gasteiger partial charge in [0.05, 0.1) is 6.61 Å². The second-order valence-electron chi connectivity index (χ2n) is 7.03. The molecule has 0 spiro atoms. The molecule has 0 saturated carbocycles. The Balaban J connectivity index is 1.43. The van der Waals surface area contributed by atoms with Gasteiger partial charge in [0.1, 0.15) is 5.82 Å². The highest BCUT2D eigenvalue weighted by molar-refractivity contribution is 5.83. The molecular formula is C20H21N7O. The van der Waals surface area contributed by atoms with E-state index < -0.39 is 0 Å². The summed E-state index contributed by atoms with van der Waals surface area (Å²) in [6.45, 7) is 1.53. The molecule has 1 unspecified atom stereocenters. The maximum atomic E-state index is 5.84. The van der Waals surface area contributed by atoms with E-state index in [9.17, 15) is 0 Å². The van der Waals surface area contributed by atoms with Crippen molar-refractivity contribution >= 4 is 28.5 Å². The largest absolute Gasteiger partial charge is 0.381 e. The first kappa shape index (κ1) is 16.8. The normalized spacial score (nSPS) is 16.6. The molecular weight excluding hydrogens is 354 g/mol. The SMILES string of the molecule is Nc1ncc(Cc2cccc3[nH]ccc23)c(Nc2cc(C3CCOC3)[nH]n2)n1. The monoisotopic (exact) mass is 375 g/mol. The van der Waals surface area contributed by atoms with E-state index in [1.165, 1.54) is 10.9 Å². The second kappa shape index (κ2) is 6.97. The van der Waals surface area contributed by atoms with E-state index in [4.69, 9.17) is 10.5 Å². The van der Waals surface area contributed by atoms with Crippen LogP contribution >= 0.6 is 0 Å². The van der Waals surface area contributed by atoms with Crippen molar-refractivity contribution in [2.24, 2.45) is 0 Å². The minimum Gasteiger partial charge on any atom is -0.381 e. The highest BCUT2D eigenvalue weighted by Crippen LogP contribution is 2.28. The Hall–Kier alpha value is -3.39. The van der Waals surface area contributed by atoms with Gasteiger partial charge in [-0.15, -0.1) is 0 Å². The highest BCUT2D eigenvalue weighted by atomic mass is 16.5. The molecule has 1 atom stereocenters. The molecule has 5 rings (SSSR count). The van der Waals surface area contributed by atoms with Crippen LogP contribution in [0.5, 0.6) is 0 Å². The third-order valence-electron chi connectivity index (χ3n) is 5.16. The minimum absolute atomic E-state index is 0.228. The van der Waals surface area contributed by atoms with Crippen LogP contribution in [0.3, 0.4) is 0 Å². The molecule has 4 aromatic rings. The van der Waals surface area contributed by atoms with Gasteiger partial charge in [-0.05, 0) is 24.1 Å². The van der Waals surface area contributed by atoms with Crippen molar-refractivity contribution < 1.29 is 4.74 Å². The summed E-state index contributed by atoms with van der Waals surface area (Å²) in [6.07, 6.45) is 5.42. The molecule has 0 amide bonds. The molecule has 1 saturated heterocycles. The average molecular weight is 375 g/mol. The second-order valence-corrected chi connectivity index (χ2v) is 7.03. The van der Waals surface area contributed by atoms with Crippen molar-refractivity contribution in [2.45, 2.75) is 18.8 Å². The Morgan fingerprint density at radius 2 is 2.21 bits per heavy atom. The lowest BCUT2D eigenvalue weighted by molar-refractivity contribution is 0.193. The molecule has 8 heteroatoms. The van der Waals surface area contributed by atoms with Crippen molar-refractivity contribution in [1.82, 2.24) is 25.1 Å². The molecule has 3 aromatic heterocycles. The number of hydrogen-bond donors (Lipinski definition) is 4. The maximum absolute atomic E-state index is 5.84. The molecule has 1 aliphatic rings. The van der Waals surface area contributed by atoms with E-state index in [1.54, 1.807) is 6.20 Å². The Kier molecular flexibility index (Phi) is 4.17. The topological polar surface area (TPSA) is 118 Å². The van der Waals surface area contributed by atoms with Crippen LogP contribution in [0, 0.1) is 0 Å². The summed E-state index contributed by atoms with van der Waals surface area (Å²) < 4.78 is 5.46. The number of aromatic nitrogens is 5. The Labute approximate surface area is 161 Å². The zero-order valence-electron chi connectivity index (χ0n) is 15.3. The predicted octanol–water partition coefficient (Wildman–Crippen LogP) is 3.10. The molecule has 5 N–H and O–H groups in total.